The summed E-state index contributed by atoms with van der Waals surface area (Å²) in [5, 5.41) is 11.8. The van der Waals surface area contributed by atoms with Crippen molar-refractivity contribution in [2.75, 3.05) is 6.54 Å². The van der Waals surface area contributed by atoms with Crippen molar-refractivity contribution in [2.45, 2.75) is 59.0 Å². The Labute approximate surface area is 115 Å². The van der Waals surface area contributed by atoms with Crippen LogP contribution in [0.15, 0.2) is 0 Å². The highest BCUT2D eigenvalue weighted by atomic mass is 16.4. The van der Waals surface area contributed by atoms with E-state index in [0.29, 0.717) is 18.5 Å². The third-order valence-corrected chi connectivity index (χ3v) is 3.41. The summed E-state index contributed by atoms with van der Waals surface area (Å²) in [6.45, 7) is 8.55. The third kappa shape index (κ3) is 5.09. The van der Waals surface area contributed by atoms with E-state index in [4.69, 9.17) is 5.11 Å². The maximum Gasteiger partial charge on any atom is 0.326 e. The molecule has 1 aliphatic carbocycles. The quantitative estimate of drug-likeness (QED) is 0.746. The molecule has 0 saturated heterocycles. The van der Waals surface area contributed by atoms with E-state index in [-0.39, 0.29) is 11.9 Å². The lowest BCUT2D eigenvalue weighted by Gasteiger charge is -2.27. The number of carbonyl (C=O) groups excluding carboxylic acids is 1. The molecule has 0 radical (unpaired) electrons. The van der Waals surface area contributed by atoms with Gasteiger partial charge >= 0.3 is 12.0 Å². The molecule has 1 rings (SSSR count). The maximum atomic E-state index is 12.2. The second-order valence-corrected chi connectivity index (χ2v) is 6.12. The van der Waals surface area contributed by atoms with Gasteiger partial charge in [-0.2, -0.15) is 0 Å². The van der Waals surface area contributed by atoms with Crippen molar-refractivity contribution < 1.29 is 14.7 Å². The van der Waals surface area contributed by atoms with Crippen LogP contribution in [0.4, 0.5) is 4.79 Å². The van der Waals surface area contributed by atoms with E-state index >= 15 is 0 Å². The molecular weight excluding hydrogens is 244 g/mol. The number of urea groups is 1. The van der Waals surface area contributed by atoms with Gasteiger partial charge in [0.25, 0.3) is 0 Å². The van der Waals surface area contributed by atoms with Crippen molar-refractivity contribution in [3.05, 3.63) is 0 Å². The van der Waals surface area contributed by atoms with Crippen molar-refractivity contribution in [3.8, 4) is 0 Å². The summed E-state index contributed by atoms with van der Waals surface area (Å²) < 4.78 is 0. The molecule has 0 unspecified atom stereocenters. The number of hydrogen-bond donors (Lipinski definition) is 2. The molecule has 0 aromatic heterocycles. The predicted octanol–water partition coefficient (Wildman–Crippen LogP) is 2.32. The van der Waals surface area contributed by atoms with Gasteiger partial charge in [0.05, 0.1) is 0 Å². The predicted molar refractivity (Wildman–Crippen MR) is 74.0 cm³/mol. The monoisotopic (exact) mass is 270 g/mol. The van der Waals surface area contributed by atoms with Gasteiger partial charge in [-0.25, -0.2) is 9.59 Å². The van der Waals surface area contributed by atoms with Crippen LogP contribution < -0.4 is 5.32 Å². The number of carboxylic acids is 1. The third-order valence-electron chi connectivity index (χ3n) is 3.41. The number of nitrogens with one attached hydrogen (secondary N) is 1. The minimum Gasteiger partial charge on any atom is -0.480 e. The van der Waals surface area contributed by atoms with Gasteiger partial charge in [0, 0.05) is 12.6 Å². The first-order chi connectivity index (χ1) is 8.82. The molecule has 2 N–H and O–H groups in total. The van der Waals surface area contributed by atoms with Gasteiger partial charge < -0.3 is 15.3 Å². The lowest BCUT2D eigenvalue weighted by atomic mass is 10.1. The summed E-state index contributed by atoms with van der Waals surface area (Å²) in [6, 6.07) is -0.739. The topological polar surface area (TPSA) is 69.6 Å². The minimum absolute atomic E-state index is 0.118. The van der Waals surface area contributed by atoms with Gasteiger partial charge in [-0.05, 0) is 31.1 Å². The molecule has 0 spiro atoms. The van der Waals surface area contributed by atoms with E-state index in [9.17, 15) is 9.59 Å². The molecule has 0 bridgehead atoms. The molecule has 110 valence electrons. The zero-order valence-corrected chi connectivity index (χ0v) is 12.3. The number of carbonyl (C=O) groups is 2. The lowest BCUT2D eigenvalue weighted by Crippen LogP contribution is -2.51. The van der Waals surface area contributed by atoms with Gasteiger partial charge in [-0.1, -0.05) is 27.7 Å². The molecule has 1 saturated carbocycles. The second kappa shape index (κ2) is 6.78. The molecule has 0 aromatic rings. The number of aliphatic carboxylic acids is 1. The Balaban J connectivity index is 2.58. The van der Waals surface area contributed by atoms with Crippen LogP contribution in [0.2, 0.25) is 0 Å². The summed E-state index contributed by atoms with van der Waals surface area (Å²) in [5.41, 5.74) is 0. The first-order valence-corrected chi connectivity index (χ1v) is 7.12. The van der Waals surface area contributed by atoms with Crippen LogP contribution in [0.25, 0.3) is 0 Å². The van der Waals surface area contributed by atoms with E-state index < -0.39 is 12.0 Å². The summed E-state index contributed by atoms with van der Waals surface area (Å²) >= 11 is 0. The van der Waals surface area contributed by atoms with Crippen molar-refractivity contribution >= 4 is 12.0 Å². The number of carboxylic acid groups (broad SMARTS) is 1. The van der Waals surface area contributed by atoms with E-state index in [0.717, 1.165) is 19.3 Å². The fourth-order valence-corrected chi connectivity index (χ4v) is 1.96. The molecule has 0 heterocycles. The van der Waals surface area contributed by atoms with Crippen LogP contribution in [0.5, 0.6) is 0 Å². The molecule has 1 atom stereocenters. The maximum absolute atomic E-state index is 12.2. The Morgan fingerprint density at radius 3 is 2.21 bits per heavy atom. The van der Waals surface area contributed by atoms with E-state index in [1.54, 1.807) is 18.7 Å². The Bertz CT molecular complexity index is 325. The molecule has 1 fully saturated rings. The highest BCUT2D eigenvalue weighted by Gasteiger charge is 2.34. The van der Waals surface area contributed by atoms with Crippen LogP contribution in [0.1, 0.15) is 47.0 Å². The van der Waals surface area contributed by atoms with Gasteiger partial charge in [0.15, 0.2) is 0 Å². The Morgan fingerprint density at radius 1 is 1.26 bits per heavy atom. The fraction of sp³-hybridized carbons (Fsp3) is 0.857. The lowest BCUT2D eigenvalue weighted by molar-refractivity contribution is -0.140. The van der Waals surface area contributed by atoms with Gasteiger partial charge in [-0.3, -0.25) is 0 Å². The molecule has 5 heteroatoms. The van der Waals surface area contributed by atoms with Crippen LogP contribution in [0.3, 0.4) is 0 Å². The van der Waals surface area contributed by atoms with Crippen LogP contribution >= 0.6 is 0 Å². The normalized spacial score (nSPS) is 16.5. The van der Waals surface area contributed by atoms with Crippen molar-refractivity contribution in [1.29, 1.82) is 0 Å². The van der Waals surface area contributed by atoms with Gasteiger partial charge in [-0.15, -0.1) is 0 Å². The first-order valence-electron chi connectivity index (χ1n) is 7.12. The summed E-state index contributed by atoms with van der Waals surface area (Å²) in [4.78, 5) is 25.1. The Kier molecular flexibility index (Phi) is 5.63. The highest BCUT2D eigenvalue weighted by Crippen LogP contribution is 2.27. The van der Waals surface area contributed by atoms with Crippen LogP contribution in [-0.4, -0.2) is 40.6 Å². The second-order valence-electron chi connectivity index (χ2n) is 6.12. The van der Waals surface area contributed by atoms with Crippen molar-refractivity contribution in [2.24, 2.45) is 11.8 Å². The molecule has 2 amide bonds. The number of rotatable bonds is 7. The van der Waals surface area contributed by atoms with E-state index in [1.165, 1.54) is 0 Å². The summed E-state index contributed by atoms with van der Waals surface area (Å²) in [6.07, 6.45) is 3.01. The smallest absolute Gasteiger partial charge is 0.326 e. The van der Waals surface area contributed by atoms with Crippen molar-refractivity contribution in [3.63, 3.8) is 0 Å². The van der Waals surface area contributed by atoms with Crippen LogP contribution in [-0.2, 0) is 4.79 Å². The average molecular weight is 270 g/mol. The number of hydrogen-bond acceptors (Lipinski definition) is 2. The number of nitrogens with zero attached hydrogens (tertiary/aromatic N) is 1. The largest absolute Gasteiger partial charge is 0.480 e. The number of amides is 2. The first kappa shape index (κ1) is 15.8. The van der Waals surface area contributed by atoms with Crippen LogP contribution in [0, 0.1) is 11.8 Å². The molecule has 0 aliphatic heterocycles. The molecular formula is C14H26N2O3. The van der Waals surface area contributed by atoms with Gasteiger partial charge in [0.2, 0.25) is 0 Å². The van der Waals surface area contributed by atoms with Crippen molar-refractivity contribution in [1.82, 2.24) is 10.2 Å². The fourth-order valence-electron chi connectivity index (χ4n) is 1.96. The molecule has 1 aliphatic rings. The van der Waals surface area contributed by atoms with Gasteiger partial charge in [0.1, 0.15) is 6.04 Å². The molecule has 19 heavy (non-hydrogen) atoms. The summed E-state index contributed by atoms with van der Waals surface area (Å²) in [5.74, 6) is -0.551. The molecule has 0 aromatic carbocycles. The Morgan fingerprint density at radius 2 is 1.84 bits per heavy atom. The standard InChI is InChI=1S/C14H26N2O3/c1-9(2)7-8-16(11-5-6-11)14(19)15-12(10(3)4)13(17)18/h9-12H,5-8H2,1-4H3,(H,15,19)(H,17,18)/t12-/m1/s1. The minimum atomic E-state index is -0.969. The highest BCUT2D eigenvalue weighted by molar-refractivity contribution is 5.83. The SMILES string of the molecule is CC(C)CCN(C(=O)N[C@@H](C(=O)O)C(C)C)C1CC1. The van der Waals surface area contributed by atoms with E-state index in [2.05, 4.69) is 19.2 Å². The summed E-state index contributed by atoms with van der Waals surface area (Å²) in [7, 11) is 0. The van der Waals surface area contributed by atoms with E-state index in [1.807, 2.05) is 0 Å². The Hall–Kier alpha value is -1.26. The zero-order chi connectivity index (χ0) is 14.6. The average Bonchev–Trinajstić information content (AvgIpc) is 3.09. The zero-order valence-electron chi connectivity index (χ0n) is 12.3. The molecule has 5 nitrogen and oxygen atoms in total.